The number of ether oxygens (including phenoxy) is 1. The average Bonchev–Trinajstić information content (AvgIpc) is 2.42. The lowest BCUT2D eigenvalue weighted by atomic mass is 10.1. The van der Waals surface area contributed by atoms with Gasteiger partial charge in [-0.25, -0.2) is 29.2 Å². The molecule has 8 heteroatoms. The number of rotatable bonds is 10. The maximum atomic E-state index is 11.5. The van der Waals surface area contributed by atoms with Crippen molar-refractivity contribution < 1.29 is 23.9 Å². The topological polar surface area (TPSA) is 115 Å². The van der Waals surface area contributed by atoms with Crippen LogP contribution in [0.5, 0.6) is 0 Å². The molecule has 1 atom stereocenters. The summed E-state index contributed by atoms with van der Waals surface area (Å²) in [5, 5.41) is 0. The molecule has 0 aliphatic rings. The van der Waals surface area contributed by atoms with Crippen molar-refractivity contribution in [2.75, 3.05) is 19.7 Å². The molecule has 0 radical (unpaired) electrons. The second-order valence-corrected chi connectivity index (χ2v) is 3.35. The van der Waals surface area contributed by atoms with Gasteiger partial charge in [-0.1, -0.05) is 0 Å². The van der Waals surface area contributed by atoms with Crippen molar-refractivity contribution in [3.05, 3.63) is 0 Å². The van der Waals surface area contributed by atoms with Crippen LogP contribution in [0.25, 0.3) is 0 Å². The van der Waals surface area contributed by atoms with Gasteiger partial charge in [-0.2, -0.15) is 4.99 Å². The van der Waals surface area contributed by atoms with Gasteiger partial charge < -0.3 is 4.74 Å². The Morgan fingerprint density at radius 3 is 2.32 bits per heavy atom. The Labute approximate surface area is 109 Å². The predicted molar refractivity (Wildman–Crippen MR) is 62.7 cm³/mol. The van der Waals surface area contributed by atoms with E-state index in [4.69, 9.17) is 4.74 Å². The number of unbranched alkanes of at least 4 members (excludes halogenated alkanes) is 1. The molecule has 0 rings (SSSR count). The highest BCUT2D eigenvalue weighted by molar-refractivity contribution is 5.76. The van der Waals surface area contributed by atoms with Crippen molar-refractivity contribution in [2.45, 2.75) is 25.3 Å². The molecule has 1 unspecified atom stereocenters. The van der Waals surface area contributed by atoms with E-state index in [1.54, 1.807) is 0 Å². The second-order valence-electron chi connectivity index (χ2n) is 3.35. The Hall–Kier alpha value is -2.39. The largest absolute Gasteiger partial charge is 0.462 e. The normalized spacial score (nSPS) is 10.3. The van der Waals surface area contributed by atoms with Gasteiger partial charge in [0.15, 0.2) is 6.04 Å². The third-order valence-corrected chi connectivity index (χ3v) is 2.05. The summed E-state index contributed by atoms with van der Waals surface area (Å²) in [6, 6.07) is -0.932. The van der Waals surface area contributed by atoms with Crippen LogP contribution in [0.4, 0.5) is 0 Å². The zero-order valence-corrected chi connectivity index (χ0v) is 10.2. The molecule has 0 aromatic heterocycles. The van der Waals surface area contributed by atoms with Gasteiger partial charge in [0.05, 0.1) is 13.1 Å². The van der Waals surface area contributed by atoms with Crippen LogP contribution in [0.3, 0.4) is 0 Å². The number of nitrogens with zero attached hydrogens (tertiary/aromatic N) is 3. The molecule has 0 aromatic carbocycles. The molecule has 0 fully saturated rings. The van der Waals surface area contributed by atoms with E-state index >= 15 is 0 Å². The minimum Gasteiger partial charge on any atom is -0.462 e. The fourth-order valence-corrected chi connectivity index (χ4v) is 1.21. The Morgan fingerprint density at radius 1 is 1.00 bits per heavy atom. The number of hydrogen-bond acceptors (Lipinski definition) is 8. The first-order valence-electron chi connectivity index (χ1n) is 5.57. The number of carbonyl (C=O) groups excluding carboxylic acids is 4. The van der Waals surface area contributed by atoms with Crippen LogP contribution in [0.2, 0.25) is 0 Å². The minimum atomic E-state index is -0.932. The number of carbonyl (C=O) groups is 1. The van der Waals surface area contributed by atoms with Gasteiger partial charge in [-0.3, -0.25) is 0 Å². The van der Waals surface area contributed by atoms with Gasteiger partial charge in [-0.15, -0.1) is 0 Å². The molecule has 0 heterocycles. The van der Waals surface area contributed by atoms with E-state index in [1.807, 2.05) is 0 Å². The fraction of sp³-hybridized carbons (Fsp3) is 0.636. The number of aliphatic imine (C=N–C) groups is 3. The average molecular weight is 267 g/mol. The summed E-state index contributed by atoms with van der Waals surface area (Å²) in [6.45, 7) is 0.249. The lowest BCUT2D eigenvalue weighted by Crippen LogP contribution is -2.22. The molecule has 0 spiro atoms. The zero-order valence-electron chi connectivity index (χ0n) is 10.2. The summed E-state index contributed by atoms with van der Waals surface area (Å²) in [6.07, 6.45) is 5.42. The van der Waals surface area contributed by atoms with Crippen molar-refractivity contribution in [1.82, 2.24) is 0 Å². The maximum Gasteiger partial charge on any atom is 0.331 e. The van der Waals surface area contributed by atoms with E-state index in [0.717, 1.165) is 0 Å². The van der Waals surface area contributed by atoms with Gasteiger partial charge in [0.25, 0.3) is 0 Å². The van der Waals surface area contributed by atoms with E-state index in [1.165, 1.54) is 18.2 Å². The predicted octanol–water partition coefficient (Wildman–Crippen LogP) is 0.0759. The molecule has 0 bridgehead atoms. The maximum absolute atomic E-state index is 11.5. The van der Waals surface area contributed by atoms with E-state index in [-0.39, 0.29) is 13.2 Å². The number of esters is 1. The van der Waals surface area contributed by atoms with Crippen molar-refractivity contribution in [2.24, 2.45) is 15.0 Å². The van der Waals surface area contributed by atoms with Gasteiger partial charge in [0.2, 0.25) is 18.2 Å². The van der Waals surface area contributed by atoms with Gasteiger partial charge in [-0.05, 0) is 19.3 Å². The monoisotopic (exact) mass is 267 g/mol. The summed E-state index contributed by atoms with van der Waals surface area (Å²) < 4.78 is 4.77. The molecule has 0 saturated heterocycles. The van der Waals surface area contributed by atoms with Crippen molar-refractivity contribution >= 4 is 24.2 Å². The molecule has 0 aliphatic carbocycles. The third-order valence-electron chi connectivity index (χ3n) is 2.05. The van der Waals surface area contributed by atoms with E-state index < -0.39 is 12.0 Å². The smallest absolute Gasteiger partial charge is 0.331 e. The summed E-state index contributed by atoms with van der Waals surface area (Å²) in [5.74, 6) is -0.677. The van der Waals surface area contributed by atoms with Gasteiger partial charge >= 0.3 is 5.97 Å². The SMILES string of the molecule is O=C=NCCCCC(N=C=O)C(=O)OCCN=C=O. The number of isocyanates is 3. The second kappa shape index (κ2) is 12.1. The Bertz CT molecular complexity index is 418. The van der Waals surface area contributed by atoms with E-state index in [9.17, 15) is 19.2 Å². The van der Waals surface area contributed by atoms with E-state index in [0.29, 0.717) is 25.8 Å². The highest BCUT2D eigenvalue weighted by Gasteiger charge is 2.18. The van der Waals surface area contributed by atoms with Crippen LogP contribution in [-0.4, -0.2) is 49.9 Å². The van der Waals surface area contributed by atoms with Crippen LogP contribution in [-0.2, 0) is 23.9 Å². The van der Waals surface area contributed by atoms with Gasteiger partial charge in [0, 0.05) is 0 Å². The Kier molecular flexibility index (Phi) is 10.6. The van der Waals surface area contributed by atoms with Crippen molar-refractivity contribution in [3.8, 4) is 0 Å². The Morgan fingerprint density at radius 2 is 1.68 bits per heavy atom. The Balaban J connectivity index is 4.07. The minimum absolute atomic E-state index is 0.0147. The molecule has 0 aromatic rings. The molecule has 0 aliphatic heterocycles. The zero-order chi connectivity index (χ0) is 14.3. The van der Waals surface area contributed by atoms with Crippen molar-refractivity contribution in [3.63, 3.8) is 0 Å². The summed E-state index contributed by atoms with van der Waals surface area (Å²) in [4.78, 5) is 51.2. The van der Waals surface area contributed by atoms with Gasteiger partial charge in [0.1, 0.15) is 6.61 Å². The lowest BCUT2D eigenvalue weighted by molar-refractivity contribution is -0.145. The molecule has 19 heavy (non-hydrogen) atoms. The highest BCUT2D eigenvalue weighted by Crippen LogP contribution is 2.06. The fourth-order valence-electron chi connectivity index (χ4n) is 1.21. The summed E-state index contributed by atoms with van der Waals surface area (Å²) in [7, 11) is 0. The summed E-state index contributed by atoms with van der Waals surface area (Å²) >= 11 is 0. The lowest BCUT2D eigenvalue weighted by Gasteiger charge is -2.09. The third kappa shape index (κ3) is 9.32. The first-order valence-corrected chi connectivity index (χ1v) is 5.57. The number of hydrogen-bond donors (Lipinski definition) is 0. The van der Waals surface area contributed by atoms with E-state index in [2.05, 4.69) is 15.0 Å². The summed E-state index contributed by atoms with van der Waals surface area (Å²) in [5.41, 5.74) is 0. The van der Waals surface area contributed by atoms with Crippen LogP contribution < -0.4 is 0 Å². The molecular formula is C11H13N3O5. The molecular weight excluding hydrogens is 254 g/mol. The first-order chi connectivity index (χ1) is 9.26. The molecule has 0 N–H and O–H groups in total. The van der Waals surface area contributed by atoms with Crippen LogP contribution in [0.1, 0.15) is 19.3 Å². The highest BCUT2D eigenvalue weighted by atomic mass is 16.5. The molecule has 102 valence electrons. The van der Waals surface area contributed by atoms with Crippen LogP contribution >= 0.6 is 0 Å². The molecule has 0 amide bonds. The van der Waals surface area contributed by atoms with Crippen LogP contribution in [0, 0.1) is 0 Å². The first kappa shape index (κ1) is 16.6. The molecule has 0 saturated carbocycles. The molecule has 8 nitrogen and oxygen atoms in total. The standard InChI is InChI=1S/C11H13N3O5/c15-7-12-4-2-1-3-10(14-9-17)11(18)19-6-5-13-8-16/h10H,1-6H2. The van der Waals surface area contributed by atoms with Crippen LogP contribution in [0.15, 0.2) is 15.0 Å². The van der Waals surface area contributed by atoms with Crippen molar-refractivity contribution in [1.29, 1.82) is 0 Å². The quantitative estimate of drug-likeness (QED) is 0.240.